The van der Waals surface area contributed by atoms with Crippen molar-refractivity contribution in [1.29, 1.82) is 0 Å². The minimum absolute atomic E-state index is 0.0606. The molecule has 0 aliphatic rings. The number of nitrogens with two attached hydrogens (primary N) is 1. The summed E-state index contributed by atoms with van der Waals surface area (Å²) in [6, 6.07) is 13.7. The predicted molar refractivity (Wildman–Crippen MR) is 108 cm³/mol. The van der Waals surface area contributed by atoms with Gasteiger partial charge in [-0.2, -0.15) is 0 Å². The molecule has 0 unspecified atom stereocenters. The standard InChI is InChI=1S/C20H20N4O3S/c1-20(2,3)15-9-7-13(8-10-15)18-22-23(19(21)28-18)12-17(25)14-5-4-6-16(11-14)24(26)27/h4-11,21H,12H2,1-3H3/p+1. The predicted octanol–water partition coefficient (Wildman–Crippen LogP) is 3.77. The van der Waals surface area contributed by atoms with Gasteiger partial charge in [-0.1, -0.05) is 62.3 Å². The van der Waals surface area contributed by atoms with Crippen LogP contribution in [0.4, 0.5) is 10.8 Å². The van der Waals surface area contributed by atoms with E-state index in [4.69, 9.17) is 5.73 Å². The van der Waals surface area contributed by atoms with E-state index in [1.807, 2.05) is 12.1 Å². The maximum Gasteiger partial charge on any atom is 0.354 e. The number of carbonyl (C=O) groups is 1. The van der Waals surface area contributed by atoms with Crippen molar-refractivity contribution in [2.75, 3.05) is 5.73 Å². The van der Waals surface area contributed by atoms with E-state index in [1.165, 1.54) is 39.8 Å². The SMILES string of the molecule is CC(C)(C)c1ccc(-c2n[n+](CC(=O)c3cccc([N+](=O)[O-])c3)c(N)s2)cc1. The molecule has 2 N–H and O–H groups in total. The maximum atomic E-state index is 12.5. The number of hydrogen-bond acceptors (Lipinski definition) is 6. The molecule has 0 saturated carbocycles. The molecule has 144 valence electrons. The van der Waals surface area contributed by atoms with Crippen LogP contribution in [0, 0.1) is 10.1 Å². The normalized spacial score (nSPS) is 11.4. The largest absolute Gasteiger partial charge is 0.354 e. The Balaban J connectivity index is 1.82. The summed E-state index contributed by atoms with van der Waals surface area (Å²) in [5.74, 6) is -0.291. The number of non-ortho nitro benzene ring substituents is 1. The number of nitrogen functional groups attached to an aromatic ring is 1. The number of aromatic nitrogens is 2. The lowest BCUT2D eigenvalue weighted by molar-refractivity contribution is -0.722. The summed E-state index contributed by atoms with van der Waals surface area (Å²) in [5.41, 5.74) is 8.37. The van der Waals surface area contributed by atoms with Crippen LogP contribution in [-0.4, -0.2) is 15.8 Å². The maximum absolute atomic E-state index is 12.5. The van der Waals surface area contributed by atoms with Gasteiger partial charge in [-0.25, -0.2) is 0 Å². The van der Waals surface area contributed by atoms with Crippen molar-refractivity contribution in [2.24, 2.45) is 0 Å². The third-order valence-corrected chi connectivity index (χ3v) is 5.27. The molecular weight excluding hydrogens is 376 g/mol. The molecule has 2 aromatic carbocycles. The number of hydrogen-bond donors (Lipinski definition) is 1. The highest BCUT2D eigenvalue weighted by molar-refractivity contribution is 7.17. The molecule has 3 rings (SSSR count). The van der Waals surface area contributed by atoms with Crippen molar-refractivity contribution in [2.45, 2.75) is 32.7 Å². The highest BCUT2D eigenvalue weighted by atomic mass is 32.1. The molecule has 0 aliphatic carbocycles. The fourth-order valence-electron chi connectivity index (χ4n) is 2.69. The number of nitrogens with zero attached hydrogens (tertiary/aromatic N) is 3. The number of benzene rings is 2. The van der Waals surface area contributed by atoms with Crippen LogP contribution in [-0.2, 0) is 12.0 Å². The van der Waals surface area contributed by atoms with E-state index < -0.39 is 4.92 Å². The molecule has 28 heavy (non-hydrogen) atoms. The number of Topliss-reactive ketones (excluding diaryl/α,β-unsaturated/α-hetero) is 1. The topological polar surface area (TPSA) is 103 Å². The number of carbonyl (C=O) groups excluding carboxylic acids is 1. The van der Waals surface area contributed by atoms with Gasteiger partial charge in [-0.15, -0.1) is 4.68 Å². The van der Waals surface area contributed by atoms with Crippen LogP contribution in [0.25, 0.3) is 10.6 Å². The van der Waals surface area contributed by atoms with Gasteiger partial charge in [-0.05, 0) is 22.3 Å². The highest BCUT2D eigenvalue weighted by Gasteiger charge is 2.21. The fourth-order valence-corrected chi connectivity index (χ4v) is 3.50. The zero-order valence-corrected chi connectivity index (χ0v) is 16.7. The Hall–Kier alpha value is -3.13. The molecule has 0 spiro atoms. The van der Waals surface area contributed by atoms with Gasteiger partial charge < -0.3 is 0 Å². The first-order chi connectivity index (χ1) is 13.1. The van der Waals surface area contributed by atoms with Crippen molar-refractivity contribution >= 4 is 27.9 Å². The molecule has 1 aromatic heterocycles. The van der Waals surface area contributed by atoms with Gasteiger partial charge in [0.1, 0.15) is 0 Å². The van der Waals surface area contributed by atoms with Gasteiger partial charge in [0.15, 0.2) is 11.6 Å². The summed E-state index contributed by atoms with van der Waals surface area (Å²) >= 11 is 1.30. The van der Waals surface area contributed by atoms with Gasteiger partial charge in [0.05, 0.1) is 4.92 Å². The number of nitro benzene ring substituents is 1. The van der Waals surface area contributed by atoms with Gasteiger partial charge in [-0.3, -0.25) is 20.6 Å². The smallest absolute Gasteiger partial charge is 0.290 e. The molecular formula is C20H21N4O3S+. The summed E-state index contributed by atoms with van der Waals surface area (Å²) in [6.07, 6.45) is 0. The van der Waals surface area contributed by atoms with E-state index in [1.54, 1.807) is 6.07 Å². The van der Waals surface area contributed by atoms with Crippen molar-refractivity contribution < 1.29 is 14.4 Å². The molecule has 0 amide bonds. The Morgan fingerprint density at radius 3 is 2.50 bits per heavy atom. The van der Waals surface area contributed by atoms with Crippen LogP contribution in [0.3, 0.4) is 0 Å². The first-order valence-corrected chi connectivity index (χ1v) is 9.52. The first kappa shape index (κ1) is 19.6. The van der Waals surface area contributed by atoms with E-state index >= 15 is 0 Å². The van der Waals surface area contributed by atoms with Crippen LogP contribution in [0.5, 0.6) is 0 Å². The van der Waals surface area contributed by atoms with Crippen LogP contribution < -0.4 is 10.4 Å². The monoisotopic (exact) mass is 397 g/mol. The molecule has 0 fully saturated rings. The molecule has 0 saturated heterocycles. The van der Waals surface area contributed by atoms with Crippen LogP contribution in [0.1, 0.15) is 36.7 Å². The lowest BCUT2D eigenvalue weighted by Crippen LogP contribution is -2.41. The Morgan fingerprint density at radius 2 is 1.89 bits per heavy atom. The lowest BCUT2D eigenvalue weighted by atomic mass is 9.87. The van der Waals surface area contributed by atoms with Crippen molar-refractivity contribution in [3.05, 3.63) is 69.8 Å². The average molecular weight is 397 g/mol. The number of ketones is 1. The van der Waals surface area contributed by atoms with Gasteiger partial charge in [0.25, 0.3) is 5.69 Å². The molecule has 0 radical (unpaired) electrons. The second-order valence-electron chi connectivity index (χ2n) is 7.46. The average Bonchev–Trinajstić information content (AvgIpc) is 3.01. The zero-order valence-electron chi connectivity index (χ0n) is 15.9. The molecule has 3 aromatic rings. The summed E-state index contributed by atoms with van der Waals surface area (Å²) in [6.45, 7) is 6.37. The Kier molecular flexibility index (Phi) is 5.24. The van der Waals surface area contributed by atoms with Crippen LogP contribution in [0.2, 0.25) is 0 Å². The molecule has 8 heteroatoms. The summed E-state index contributed by atoms with van der Waals surface area (Å²) in [5, 5.41) is 16.5. The van der Waals surface area contributed by atoms with Gasteiger partial charge >= 0.3 is 5.13 Å². The number of nitro groups is 1. The highest BCUT2D eigenvalue weighted by Crippen LogP contribution is 2.28. The zero-order chi connectivity index (χ0) is 20.5. The number of anilines is 1. The van der Waals surface area contributed by atoms with Crippen LogP contribution in [0.15, 0.2) is 48.5 Å². The van der Waals surface area contributed by atoms with E-state index in [0.29, 0.717) is 10.1 Å². The number of rotatable bonds is 5. The Labute approximate surface area is 166 Å². The van der Waals surface area contributed by atoms with Gasteiger partial charge in [0, 0.05) is 23.3 Å². The van der Waals surface area contributed by atoms with Crippen LogP contribution >= 0.6 is 11.3 Å². The third kappa shape index (κ3) is 4.23. The quantitative estimate of drug-likeness (QED) is 0.305. The molecule has 1 heterocycles. The first-order valence-electron chi connectivity index (χ1n) is 8.70. The van der Waals surface area contributed by atoms with Crippen molar-refractivity contribution in [1.82, 2.24) is 5.10 Å². The summed E-state index contributed by atoms with van der Waals surface area (Å²) < 4.78 is 1.43. The minimum atomic E-state index is -0.527. The third-order valence-electron chi connectivity index (χ3n) is 4.34. The van der Waals surface area contributed by atoms with E-state index in [0.717, 1.165) is 5.56 Å². The van der Waals surface area contributed by atoms with Crippen molar-refractivity contribution in [3.8, 4) is 10.6 Å². The van der Waals surface area contributed by atoms with Crippen molar-refractivity contribution in [3.63, 3.8) is 0 Å². The second-order valence-corrected chi connectivity index (χ2v) is 8.47. The molecule has 0 aliphatic heterocycles. The fraction of sp³-hybridized carbons (Fsp3) is 0.250. The summed E-state index contributed by atoms with van der Waals surface area (Å²) in [7, 11) is 0. The summed E-state index contributed by atoms with van der Waals surface area (Å²) in [4.78, 5) is 22.9. The van der Waals surface area contributed by atoms with E-state index in [2.05, 4.69) is 38.0 Å². The molecule has 0 bridgehead atoms. The Bertz CT molecular complexity index is 1040. The Morgan fingerprint density at radius 1 is 1.21 bits per heavy atom. The second kappa shape index (κ2) is 7.47. The lowest BCUT2D eigenvalue weighted by Gasteiger charge is -2.18. The van der Waals surface area contributed by atoms with E-state index in [9.17, 15) is 14.9 Å². The minimum Gasteiger partial charge on any atom is -0.290 e. The van der Waals surface area contributed by atoms with Gasteiger partial charge in [0.2, 0.25) is 5.78 Å². The van der Waals surface area contributed by atoms with E-state index in [-0.39, 0.29) is 29.0 Å². The molecule has 7 nitrogen and oxygen atoms in total. The molecule has 0 atom stereocenters.